The van der Waals surface area contributed by atoms with Crippen LogP contribution in [0.15, 0.2) is 17.2 Å². The second-order valence-corrected chi connectivity index (χ2v) is 6.18. The molecular weight excluding hydrogens is 252 g/mol. The fourth-order valence-corrected chi connectivity index (χ4v) is 2.52. The molecule has 0 aliphatic rings. The number of aromatic nitrogens is 2. The van der Waals surface area contributed by atoms with Crippen molar-refractivity contribution < 1.29 is 9.90 Å². The first-order valence-corrected chi connectivity index (χ1v) is 6.32. The average molecular weight is 266 g/mol. The molecule has 0 unspecified atom stereocenters. The van der Waals surface area contributed by atoms with Crippen LogP contribution in [-0.4, -0.2) is 20.6 Å². The van der Waals surface area contributed by atoms with Gasteiger partial charge in [0.25, 0.3) is 5.56 Å². The number of fused-ring (bicyclic) bond motifs is 1. The summed E-state index contributed by atoms with van der Waals surface area (Å²) in [5.41, 5.74) is -1.18. The lowest BCUT2D eigenvalue weighted by molar-refractivity contribution is -0.147. The molecule has 2 aromatic heterocycles. The van der Waals surface area contributed by atoms with Gasteiger partial charge in [0.2, 0.25) is 0 Å². The predicted octanol–water partition coefficient (Wildman–Crippen LogP) is 1.88. The minimum Gasteiger partial charge on any atom is -0.481 e. The van der Waals surface area contributed by atoms with E-state index in [-0.39, 0.29) is 12.1 Å². The van der Waals surface area contributed by atoms with Crippen LogP contribution in [0, 0.1) is 12.3 Å². The molecule has 6 heteroatoms. The minimum atomic E-state index is -0.996. The van der Waals surface area contributed by atoms with E-state index in [2.05, 4.69) is 4.98 Å². The summed E-state index contributed by atoms with van der Waals surface area (Å²) < 4.78 is 1.36. The van der Waals surface area contributed by atoms with Gasteiger partial charge in [-0.05, 0) is 26.8 Å². The van der Waals surface area contributed by atoms with Gasteiger partial charge in [0.15, 0.2) is 0 Å². The summed E-state index contributed by atoms with van der Waals surface area (Å²) in [4.78, 5) is 29.2. The van der Waals surface area contributed by atoms with Crippen molar-refractivity contribution in [2.45, 2.75) is 27.3 Å². The first-order chi connectivity index (χ1) is 8.31. The smallest absolute Gasteiger partial charge is 0.310 e. The van der Waals surface area contributed by atoms with Crippen molar-refractivity contribution in [3.05, 3.63) is 27.6 Å². The number of carbonyl (C=O) groups is 1. The van der Waals surface area contributed by atoms with Gasteiger partial charge in [-0.3, -0.25) is 14.2 Å². The standard InChI is InChI=1S/C12H14N2O3S/c1-7-4-8-9(18-7)13-6-14(10(8)15)5-12(2,3)11(16)17/h4,6H,5H2,1-3H3,(H,16,17). The monoisotopic (exact) mass is 266 g/mol. The molecule has 0 spiro atoms. The Kier molecular flexibility index (Phi) is 2.98. The van der Waals surface area contributed by atoms with Gasteiger partial charge in [-0.2, -0.15) is 0 Å². The highest BCUT2D eigenvalue weighted by Crippen LogP contribution is 2.21. The number of rotatable bonds is 3. The summed E-state index contributed by atoms with van der Waals surface area (Å²) in [6, 6.07) is 1.79. The number of aryl methyl sites for hydroxylation is 1. The molecule has 1 N–H and O–H groups in total. The van der Waals surface area contributed by atoms with Crippen LogP contribution in [0.1, 0.15) is 18.7 Å². The van der Waals surface area contributed by atoms with Crippen LogP contribution < -0.4 is 5.56 Å². The maximum atomic E-state index is 12.2. The van der Waals surface area contributed by atoms with E-state index < -0.39 is 11.4 Å². The zero-order valence-electron chi connectivity index (χ0n) is 10.4. The van der Waals surface area contributed by atoms with Gasteiger partial charge < -0.3 is 5.11 Å². The second-order valence-electron chi connectivity index (χ2n) is 4.94. The second kappa shape index (κ2) is 4.20. The van der Waals surface area contributed by atoms with Crippen LogP contribution >= 0.6 is 11.3 Å². The molecule has 0 aliphatic carbocycles. The average Bonchev–Trinajstić information content (AvgIpc) is 2.64. The summed E-state index contributed by atoms with van der Waals surface area (Å²) in [6.45, 7) is 5.20. The lowest BCUT2D eigenvalue weighted by Gasteiger charge is -2.19. The van der Waals surface area contributed by atoms with Crippen molar-refractivity contribution in [2.75, 3.05) is 0 Å². The number of nitrogens with zero attached hydrogens (tertiary/aromatic N) is 2. The van der Waals surface area contributed by atoms with E-state index in [0.29, 0.717) is 10.2 Å². The summed E-state index contributed by atoms with van der Waals surface area (Å²) in [5.74, 6) is -0.934. The third-order valence-electron chi connectivity index (χ3n) is 2.79. The maximum Gasteiger partial charge on any atom is 0.310 e. The van der Waals surface area contributed by atoms with Crippen LogP contribution in [0.2, 0.25) is 0 Å². The third kappa shape index (κ3) is 2.15. The van der Waals surface area contributed by atoms with Gasteiger partial charge in [0, 0.05) is 11.4 Å². The first-order valence-electron chi connectivity index (χ1n) is 5.50. The summed E-state index contributed by atoms with van der Waals surface area (Å²) >= 11 is 1.46. The van der Waals surface area contributed by atoms with E-state index in [4.69, 9.17) is 5.11 Å². The molecule has 0 fully saturated rings. The molecule has 0 amide bonds. The lowest BCUT2D eigenvalue weighted by atomic mass is 9.94. The molecule has 2 rings (SSSR count). The van der Waals surface area contributed by atoms with Gasteiger partial charge in [0.1, 0.15) is 4.83 Å². The molecule has 0 bridgehead atoms. The number of carboxylic acid groups (broad SMARTS) is 1. The Morgan fingerprint density at radius 2 is 2.22 bits per heavy atom. The van der Waals surface area contributed by atoms with Crippen molar-refractivity contribution >= 4 is 27.5 Å². The Morgan fingerprint density at radius 1 is 1.56 bits per heavy atom. The van der Waals surface area contributed by atoms with Crippen LogP contribution in [0.3, 0.4) is 0 Å². The highest BCUT2D eigenvalue weighted by molar-refractivity contribution is 7.18. The molecule has 18 heavy (non-hydrogen) atoms. The van der Waals surface area contributed by atoms with Crippen LogP contribution in [-0.2, 0) is 11.3 Å². The van der Waals surface area contributed by atoms with Crippen molar-refractivity contribution in [1.29, 1.82) is 0 Å². The Balaban J connectivity index is 2.50. The fraction of sp³-hybridized carbons (Fsp3) is 0.417. The molecule has 2 heterocycles. The van der Waals surface area contributed by atoms with Crippen molar-refractivity contribution in [2.24, 2.45) is 5.41 Å². The largest absolute Gasteiger partial charge is 0.481 e. The fourth-order valence-electron chi connectivity index (χ4n) is 1.69. The molecular formula is C12H14N2O3S. The molecule has 0 saturated carbocycles. The van der Waals surface area contributed by atoms with Gasteiger partial charge in [-0.1, -0.05) is 0 Å². The van der Waals surface area contributed by atoms with Gasteiger partial charge in [-0.25, -0.2) is 4.98 Å². The summed E-state index contributed by atoms with van der Waals surface area (Å²) in [6.07, 6.45) is 1.42. The topological polar surface area (TPSA) is 72.2 Å². The molecule has 0 aliphatic heterocycles. The van der Waals surface area contributed by atoms with Crippen molar-refractivity contribution in [1.82, 2.24) is 9.55 Å². The predicted molar refractivity (Wildman–Crippen MR) is 70.0 cm³/mol. The van der Waals surface area contributed by atoms with Crippen LogP contribution in [0.25, 0.3) is 10.2 Å². The summed E-state index contributed by atoms with van der Waals surface area (Å²) in [5, 5.41) is 9.63. The van der Waals surface area contributed by atoms with Crippen molar-refractivity contribution in [3.63, 3.8) is 0 Å². The quantitative estimate of drug-likeness (QED) is 0.920. The van der Waals surface area contributed by atoms with E-state index in [9.17, 15) is 9.59 Å². The molecule has 0 saturated heterocycles. The van der Waals surface area contributed by atoms with Gasteiger partial charge in [-0.15, -0.1) is 11.3 Å². The Labute approximate surface area is 108 Å². The van der Waals surface area contributed by atoms with Crippen LogP contribution in [0.5, 0.6) is 0 Å². The number of aliphatic carboxylic acids is 1. The Hall–Kier alpha value is -1.69. The molecule has 96 valence electrons. The highest BCUT2D eigenvalue weighted by atomic mass is 32.1. The number of hydrogen-bond donors (Lipinski definition) is 1. The van der Waals surface area contributed by atoms with Gasteiger partial charge in [0.05, 0.1) is 17.1 Å². The Morgan fingerprint density at radius 3 is 2.83 bits per heavy atom. The normalized spacial score (nSPS) is 11.9. The van der Waals surface area contributed by atoms with Crippen LogP contribution in [0.4, 0.5) is 0 Å². The van der Waals surface area contributed by atoms with E-state index in [1.54, 1.807) is 19.9 Å². The molecule has 0 radical (unpaired) electrons. The van der Waals surface area contributed by atoms with Crippen molar-refractivity contribution in [3.8, 4) is 0 Å². The molecule has 0 atom stereocenters. The minimum absolute atomic E-state index is 0.110. The number of hydrogen-bond acceptors (Lipinski definition) is 4. The third-order valence-corrected chi connectivity index (χ3v) is 3.74. The molecule has 5 nitrogen and oxygen atoms in total. The van der Waals surface area contributed by atoms with E-state index >= 15 is 0 Å². The highest BCUT2D eigenvalue weighted by Gasteiger charge is 2.28. The van der Waals surface area contributed by atoms with E-state index in [0.717, 1.165) is 4.88 Å². The molecule has 2 aromatic rings. The van der Waals surface area contributed by atoms with Gasteiger partial charge >= 0.3 is 5.97 Å². The van der Waals surface area contributed by atoms with E-state index in [1.165, 1.54) is 22.2 Å². The zero-order valence-corrected chi connectivity index (χ0v) is 11.2. The SMILES string of the molecule is Cc1cc2c(=O)n(CC(C)(C)C(=O)O)cnc2s1. The first kappa shape index (κ1) is 12.8. The van der Waals surface area contributed by atoms with E-state index in [1.807, 2.05) is 6.92 Å². The lowest BCUT2D eigenvalue weighted by Crippen LogP contribution is -2.34. The maximum absolute atomic E-state index is 12.2. The number of thiophene rings is 1. The summed E-state index contributed by atoms with van der Waals surface area (Å²) in [7, 11) is 0. The number of carboxylic acids is 1. The Bertz CT molecular complexity index is 670. The zero-order chi connectivity index (χ0) is 13.5. The molecule has 0 aromatic carbocycles.